The number of hydrogen-bond donors (Lipinski definition) is 3. The second-order valence-electron chi connectivity index (χ2n) is 6.81. The molecule has 2 aromatic carbocycles. The highest BCUT2D eigenvalue weighted by atomic mass is 32.2. The van der Waals surface area contributed by atoms with E-state index in [1.165, 1.54) is 24.3 Å². The van der Waals surface area contributed by atoms with Gasteiger partial charge >= 0.3 is 5.97 Å². The Balaban J connectivity index is 1.93. The number of aliphatic carboxylic acids is 1. The molecule has 0 spiro atoms. The van der Waals surface area contributed by atoms with E-state index in [0.717, 1.165) is 5.56 Å². The summed E-state index contributed by atoms with van der Waals surface area (Å²) in [5.74, 6) is 3.99. The molecule has 3 aromatic rings. The molecule has 0 radical (unpaired) electrons. The molecule has 0 aliphatic rings. The number of carboxylic acid groups (broad SMARTS) is 1. The first kappa shape index (κ1) is 22.8. The minimum Gasteiger partial charge on any atom is -0.480 e. The van der Waals surface area contributed by atoms with Crippen LogP contribution in [0.4, 0.5) is 0 Å². The van der Waals surface area contributed by atoms with Crippen LogP contribution in [0.3, 0.4) is 0 Å². The van der Waals surface area contributed by atoms with Crippen molar-refractivity contribution in [3.63, 3.8) is 0 Å². The Morgan fingerprint density at radius 2 is 1.97 bits per heavy atom. The molecule has 3 rings (SSSR count). The molecule has 1 heterocycles. The number of aromatic nitrogens is 2. The van der Waals surface area contributed by atoms with Gasteiger partial charge in [0.1, 0.15) is 11.7 Å². The number of imidazole rings is 1. The zero-order chi connectivity index (χ0) is 22.9. The average Bonchev–Trinajstić information content (AvgIpc) is 3.35. The van der Waals surface area contributed by atoms with Crippen molar-refractivity contribution in [3.05, 3.63) is 77.9 Å². The number of carbonyl (C=O) groups is 3. The van der Waals surface area contributed by atoms with Gasteiger partial charge in [-0.2, -0.15) is 11.8 Å². The van der Waals surface area contributed by atoms with Crippen LogP contribution in [0.15, 0.2) is 61.1 Å². The SMILES string of the molecule is CSCC[C@H](NC(=O)c1ccc(C#CC(=O)c2c[nH]cn2)cc1-c1ccccc1)C(=O)O. The monoisotopic (exact) mass is 447 g/mol. The molecule has 0 fully saturated rings. The zero-order valence-corrected chi connectivity index (χ0v) is 18.1. The van der Waals surface area contributed by atoms with Crippen molar-refractivity contribution in [2.24, 2.45) is 0 Å². The number of ketones is 1. The van der Waals surface area contributed by atoms with E-state index in [4.69, 9.17) is 0 Å². The van der Waals surface area contributed by atoms with Gasteiger partial charge in [-0.25, -0.2) is 9.78 Å². The summed E-state index contributed by atoms with van der Waals surface area (Å²) in [5.41, 5.74) is 2.46. The number of carbonyl (C=O) groups excluding carboxylic acids is 2. The fraction of sp³-hybridized carbons (Fsp3) is 0.167. The molecule has 8 heteroatoms. The van der Waals surface area contributed by atoms with Crippen LogP contribution >= 0.6 is 11.8 Å². The van der Waals surface area contributed by atoms with Crippen molar-refractivity contribution in [2.75, 3.05) is 12.0 Å². The second-order valence-corrected chi connectivity index (χ2v) is 7.79. The molecule has 0 saturated carbocycles. The molecular weight excluding hydrogens is 426 g/mol. The number of nitrogens with zero attached hydrogens (tertiary/aromatic N) is 1. The summed E-state index contributed by atoms with van der Waals surface area (Å²) < 4.78 is 0. The molecule has 1 amide bonds. The average molecular weight is 448 g/mol. The summed E-state index contributed by atoms with van der Waals surface area (Å²) in [5, 5.41) is 12.1. The van der Waals surface area contributed by atoms with Crippen molar-refractivity contribution in [2.45, 2.75) is 12.5 Å². The predicted molar refractivity (Wildman–Crippen MR) is 124 cm³/mol. The maximum atomic E-state index is 13.0. The molecule has 162 valence electrons. The lowest BCUT2D eigenvalue weighted by Gasteiger charge is -2.16. The van der Waals surface area contributed by atoms with E-state index < -0.39 is 23.7 Å². The first-order chi connectivity index (χ1) is 15.5. The third kappa shape index (κ3) is 5.86. The van der Waals surface area contributed by atoms with E-state index in [9.17, 15) is 19.5 Å². The number of H-pyrrole nitrogens is 1. The highest BCUT2D eigenvalue weighted by molar-refractivity contribution is 7.98. The maximum absolute atomic E-state index is 13.0. The number of Topliss-reactive ketones (excluding diaryl/α,β-unsaturated/α-hetero) is 1. The van der Waals surface area contributed by atoms with Gasteiger partial charge in [0, 0.05) is 17.3 Å². The minimum absolute atomic E-state index is 0.224. The zero-order valence-electron chi connectivity index (χ0n) is 17.3. The van der Waals surface area contributed by atoms with Gasteiger partial charge in [-0.15, -0.1) is 0 Å². The molecular formula is C24H21N3O4S. The molecule has 0 bridgehead atoms. The normalized spacial score (nSPS) is 11.2. The van der Waals surface area contributed by atoms with Crippen LogP contribution in [0.25, 0.3) is 11.1 Å². The van der Waals surface area contributed by atoms with E-state index in [1.807, 2.05) is 36.6 Å². The molecule has 7 nitrogen and oxygen atoms in total. The molecule has 1 atom stereocenters. The summed E-state index contributed by atoms with van der Waals surface area (Å²) >= 11 is 1.52. The van der Waals surface area contributed by atoms with Crippen LogP contribution in [-0.2, 0) is 4.79 Å². The first-order valence-corrected chi connectivity index (χ1v) is 11.2. The number of rotatable bonds is 8. The summed E-state index contributed by atoms with van der Waals surface area (Å²) in [6.07, 6.45) is 5.07. The minimum atomic E-state index is -1.08. The van der Waals surface area contributed by atoms with E-state index in [0.29, 0.717) is 28.9 Å². The van der Waals surface area contributed by atoms with Gasteiger partial charge in [-0.1, -0.05) is 36.3 Å². The molecule has 0 aliphatic carbocycles. The van der Waals surface area contributed by atoms with Gasteiger partial charge in [0.25, 0.3) is 11.7 Å². The summed E-state index contributed by atoms with van der Waals surface area (Å²) in [6, 6.07) is 13.2. The lowest BCUT2D eigenvalue weighted by atomic mass is 9.96. The van der Waals surface area contributed by atoms with Crippen LogP contribution in [-0.4, -0.2) is 50.8 Å². The van der Waals surface area contributed by atoms with Gasteiger partial charge in [-0.05, 0) is 53.7 Å². The van der Waals surface area contributed by atoms with Crippen LogP contribution < -0.4 is 5.32 Å². The number of nitrogens with one attached hydrogen (secondary N) is 2. The Morgan fingerprint density at radius 1 is 1.19 bits per heavy atom. The number of aromatic amines is 1. The van der Waals surface area contributed by atoms with Gasteiger partial charge in [-0.3, -0.25) is 9.59 Å². The van der Waals surface area contributed by atoms with E-state index >= 15 is 0 Å². The highest BCUT2D eigenvalue weighted by Gasteiger charge is 2.22. The fourth-order valence-corrected chi connectivity index (χ4v) is 3.45. The summed E-state index contributed by atoms with van der Waals surface area (Å²) in [7, 11) is 0. The molecule has 32 heavy (non-hydrogen) atoms. The Hall–Kier alpha value is -3.83. The quantitative estimate of drug-likeness (QED) is 0.361. The number of thioether (sulfide) groups is 1. The predicted octanol–water partition coefficient (Wildman–Crippen LogP) is 3.25. The summed E-state index contributed by atoms with van der Waals surface area (Å²) in [6.45, 7) is 0. The van der Waals surface area contributed by atoms with E-state index in [1.54, 1.807) is 18.2 Å². The Morgan fingerprint density at radius 3 is 2.62 bits per heavy atom. The maximum Gasteiger partial charge on any atom is 0.326 e. The Labute approximate surface area is 189 Å². The summed E-state index contributed by atoms with van der Waals surface area (Å²) in [4.78, 5) is 43.2. The molecule has 3 N–H and O–H groups in total. The van der Waals surface area contributed by atoms with Gasteiger partial charge in [0.15, 0.2) is 0 Å². The van der Waals surface area contributed by atoms with Gasteiger partial charge < -0.3 is 15.4 Å². The lowest BCUT2D eigenvalue weighted by Crippen LogP contribution is -2.41. The van der Waals surface area contributed by atoms with Gasteiger partial charge in [0.05, 0.1) is 6.33 Å². The van der Waals surface area contributed by atoms with Crippen molar-refractivity contribution in [3.8, 4) is 23.0 Å². The van der Waals surface area contributed by atoms with Crippen molar-refractivity contribution >= 4 is 29.4 Å². The van der Waals surface area contributed by atoms with E-state index in [-0.39, 0.29) is 5.69 Å². The van der Waals surface area contributed by atoms with Crippen LogP contribution in [0.5, 0.6) is 0 Å². The van der Waals surface area contributed by atoms with Crippen LogP contribution in [0.1, 0.15) is 32.8 Å². The Kier molecular flexibility index (Phi) is 7.84. The fourth-order valence-electron chi connectivity index (χ4n) is 2.98. The number of benzene rings is 2. The third-order valence-corrected chi connectivity index (χ3v) is 5.26. The molecule has 0 saturated heterocycles. The standard InChI is InChI=1S/C24H21N3O4S/c1-32-12-11-20(24(30)31)27-23(29)18-9-7-16(8-10-22(28)21-14-25-15-26-21)13-19(18)17-5-3-2-4-6-17/h2-7,9,13-15,20H,11-12H2,1H3,(H,25,26)(H,27,29)(H,30,31)/t20-/m0/s1. The first-order valence-electron chi connectivity index (χ1n) is 9.77. The van der Waals surface area contributed by atoms with Crippen molar-refractivity contribution < 1.29 is 19.5 Å². The Bertz CT molecular complexity index is 1160. The lowest BCUT2D eigenvalue weighted by molar-refractivity contribution is -0.139. The van der Waals surface area contributed by atoms with Gasteiger partial charge in [0.2, 0.25) is 0 Å². The van der Waals surface area contributed by atoms with Crippen molar-refractivity contribution in [1.29, 1.82) is 0 Å². The molecule has 0 unspecified atom stereocenters. The molecule has 0 aliphatic heterocycles. The largest absolute Gasteiger partial charge is 0.480 e. The third-order valence-electron chi connectivity index (χ3n) is 4.61. The highest BCUT2D eigenvalue weighted by Crippen LogP contribution is 2.25. The number of amides is 1. The van der Waals surface area contributed by atoms with Crippen molar-refractivity contribution in [1.82, 2.24) is 15.3 Å². The smallest absolute Gasteiger partial charge is 0.326 e. The van der Waals surface area contributed by atoms with Crippen LogP contribution in [0, 0.1) is 11.8 Å². The second kappa shape index (κ2) is 11.0. The number of hydrogen-bond acceptors (Lipinski definition) is 5. The van der Waals surface area contributed by atoms with Crippen LogP contribution in [0.2, 0.25) is 0 Å². The van der Waals surface area contributed by atoms with E-state index in [2.05, 4.69) is 27.1 Å². The number of carboxylic acids is 1. The molecule has 1 aromatic heterocycles. The topological polar surface area (TPSA) is 112 Å².